The fourth-order valence-electron chi connectivity index (χ4n) is 2.41. The zero-order valence-corrected chi connectivity index (χ0v) is 8.48. The Hall–Kier alpha value is 0. The van der Waals surface area contributed by atoms with Crippen LogP contribution in [0.3, 0.4) is 0 Å². The van der Waals surface area contributed by atoms with Crippen LogP contribution in [0.25, 0.3) is 0 Å². The highest BCUT2D eigenvalue weighted by atomic mass is 14.4. The number of hydrogen-bond donors (Lipinski definition) is 0. The predicted octanol–water partition coefficient (Wildman–Crippen LogP) is 3.86. The molecule has 66 valence electrons. The minimum absolute atomic E-state index is 0.632. The van der Waals surface area contributed by atoms with Gasteiger partial charge in [0.2, 0.25) is 0 Å². The Labute approximate surface area is 71.4 Å². The average Bonchev–Trinajstić information content (AvgIpc) is 1.94. The van der Waals surface area contributed by atoms with E-state index in [1.165, 1.54) is 25.7 Å². The SMILES string of the molecule is CCC1CC(C)(C)CCC1C. The number of hydrogen-bond acceptors (Lipinski definition) is 0. The van der Waals surface area contributed by atoms with Crippen molar-refractivity contribution in [2.45, 2.75) is 53.4 Å². The van der Waals surface area contributed by atoms with E-state index in [2.05, 4.69) is 27.7 Å². The van der Waals surface area contributed by atoms with Crippen molar-refractivity contribution in [3.05, 3.63) is 0 Å². The van der Waals surface area contributed by atoms with E-state index in [1.807, 2.05) is 0 Å². The lowest BCUT2D eigenvalue weighted by Crippen LogP contribution is -2.27. The first-order valence-corrected chi connectivity index (χ1v) is 5.05. The molecule has 1 aliphatic rings. The van der Waals surface area contributed by atoms with Crippen LogP contribution in [0.1, 0.15) is 53.4 Å². The molecular formula is C11H22. The summed E-state index contributed by atoms with van der Waals surface area (Å²) in [6, 6.07) is 0. The van der Waals surface area contributed by atoms with Gasteiger partial charge in [0.1, 0.15) is 0 Å². The Bertz CT molecular complexity index is 124. The number of rotatable bonds is 1. The van der Waals surface area contributed by atoms with Gasteiger partial charge in [-0.3, -0.25) is 0 Å². The van der Waals surface area contributed by atoms with Crippen LogP contribution in [-0.4, -0.2) is 0 Å². The van der Waals surface area contributed by atoms with Crippen molar-refractivity contribution in [2.75, 3.05) is 0 Å². The van der Waals surface area contributed by atoms with Crippen LogP contribution in [0.2, 0.25) is 0 Å². The van der Waals surface area contributed by atoms with Gasteiger partial charge in [-0.05, 0) is 36.5 Å². The molecule has 0 nitrogen and oxygen atoms in total. The average molecular weight is 154 g/mol. The third kappa shape index (κ3) is 2.21. The van der Waals surface area contributed by atoms with Crippen LogP contribution < -0.4 is 0 Å². The van der Waals surface area contributed by atoms with Gasteiger partial charge in [0.25, 0.3) is 0 Å². The summed E-state index contributed by atoms with van der Waals surface area (Å²) in [5.74, 6) is 1.98. The molecule has 0 spiro atoms. The van der Waals surface area contributed by atoms with E-state index < -0.39 is 0 Å². The fourth-order valence-corrected chi connectivity index (χ4v) is 2.41. The minimum atomic E-state index is 0.632. The van der Waals surface area contributed by atoms with E-state index in [0.29, 0.717) is 5.41 Å². The predicted molar refractivity (Wildman–Crippen MR) is 50.6 cm³/mol. The second-order valence-electron chi connectivity index (χ2n) is 5.05. The standard InChI is InChI=1S/C11H22/c1-5-10-8-11(3,4)7-6-9(10)2/h9-10H,5-8H2,1-4H3. The first-order valence-electron chi connectivity index (χ1n) is 5.05. The summed E-state index contributed by atoms with van der Waals surface area (Å²) >= 11 is 0. The van der Waals surface area contributed by atoms with E-state index in [9.17, 15) is 0 Å². The van der Waals surface area contributed by atoms with Crippen LogP contribution >= 0.6 is 0 Å². The van der Waals surface area contributed by atoms with Gasteiger partial charge < -0.3 is 0 Å². The molecule has 0 radical (unpaired) electrons. The molecule has 11 heavy (non-hydrogen) atoms. The van der Waals surface area contributed by atoms with Crippen molar-refractivity contribution in [3.63, 3.8) is 0 Å². The van der Waals surface area contributed by atoms with Gasteiger partial charge in [-0.25, -0.2) is 0 Å². The van der Waals surface area contributed by atoms with E-state index in [-0.39, 0.29) is 0 Å². The second kappa shape index (κ2) is 3.16. The Morgan fingerprint density at radius 2 is 2.00 bits per heavy atom. The zero-order chi connectivity index (χ0) is 8.48. The van der Waals surface area contributed by atoms with Gasteiger partial charge in [0.05, 0.1) is 0 Å². The third-order valence-electron chi connectivity index (χ3n) is 3.42. The van der Waals surface area contributed by atoms with Crippen molar-refractivity contribution in [1.29, 1.82) is 0 Å². The van der Waals surface area contributed by atoms with Gasteiger partial charge in [-0.15, -0.1) is 0 Å². The van der Waals surface area contributed by atoms with E-state index in [1.54, 1.807) is 0 Å². The van der Waals surface area contributed by atoms with Gasteiger partial charge in [0.15, 0.2) is 0 Å². The van der Waals surface area contributed by atoms with E-state index >= 15 is 0 Å². The minimum Gasteiger partial charge on any atom is -0.0651 e. The van der Waals surface area contributed by atoms with Gasteiger partial charge in [0, 0.05) is 0 Å². The molecule has 1 saturated carbocycles. The molecule has 0 amide bonds. The normalized spacial score (nSPS) is 37.1. The van der Waals surface area contributed by atoms with Crippen LogP contribution in [0, 0.1) is 17.3 Å². The maximum Gasteiger partial charge on any atom is -0.0351 e. The summed E-state index contributed by atoms with van der Waals surface area (Å²) < 4.78 is 0. The molecule has 0 bridgehead atoms. The molecule has 0 aliphatic heterocycles. The first-order chi connectivity index (χ1) is 5.05. The smallest absolute Gasteiger partial charge is 0.0351 e. The van der Waals surface area contributed by atoms with E-state index in [0.717, 1.165) is 11.8 Å². The molecule has 0 aromatic rings. The summed E-state index contributed by atoms with van der Waals surface area (Å²) in [5, 5.41) is 0. The van der Waals surface area contributed by atoms with Crippen molar-refractivity contribution in [3.8, 4) is 0 Å². The Balaban J connectivity index is 2.51. The molecule has 0 aromatic carbocycles. The lowest BCUT2D eigenvalue weighted by atomic mass is 9.67. The second-order valence-corrected chi connectivity index (χ2v) is 5.05. The maximum atomic E-state index is 2.42. The highest BCUT2D eigenvalue weighted by Crippen LogP contribution is 2.42. The zero-order valence-electron chi connectivity index (χ0n) is 8.48. The van der Waals surface area contributed by atoms with Crippen molar-refractivity contribution in [2.24, 2.45) is 17.3 Å². The summed E-state index contributed by atoms with van der Waals surface area (Å²) in [5.41, 5.74) is 0.632. The summed E-state index contributed by atoms with van der Waals surface area (Å²) in [6.45, 7) is 9.59. The largest absolute Gasteiger partial charge is 0.0651 e. The summed E-state index contributed by atoms with van der Waals surface area (Å²) in [6.07, 6.45) is 5.71. The molecule has 0 N–H and O–H groups in total. The molecule has 1 rings (SSSR count). The molecular weight excluding hydrogens is 132 g/mol. The molecule has 2 unspecified atom stereocenters. The Kier molecular flexibility index (Phi) is 2.61. The molecule has 0 heteroatoms. The topological polar surface area (TPSA) is 0 Å². The Morgan fingerprint density at radius 1 is 1.36 bits per heavy atom. The highest BCUT2D eigenvalue weighted by Gasteiger charge is 2.31. The highest BCUT2D eigenvalue weighted by molar-refractivity contribution is 4.82. The fraction of sp³-hybridized carbons (Fsp3) is 1.00. The molecule has 1 fully saturated rings. The van der Waals surface area contributed by atoms with Crippen LogP contribution in [0.4, 0.5) is 0 Å². The maximum absolute atomic E-state index is 2.42. The molecule has 0 saturated heterocycles. The van der Waals surface area contributed by atoms with Crippen molar-refractivity contribution >= 4 is 0 Å². The lowest BCUT2D eigenvalue weighted by molar-refractivity contribution is 0.124. The van der Waals surface area contributed by atoms with Crippen LogP contribution in [0.15, 0.2) is 0 Å². The van der Waals surface area contributed by atoms with Crippen LogP contribution in [-0.2, 0) is 0 Å². The first kappa shape index (κ1) is 9.09. The molecule has 2 atom stereocenters. The van der Waals surface area contributed by atoms with Gasteiger partial charge in [-0.2, -0.15) is 0 Å². The quantitative estimate of drug-likeness (QED) is 0.538. The summed E-state index contributed by atoms with van der Waals surface area (Å²) in [4.78, 5) is 0. The van der Waals surface area contributed by atoms with Crippen molar-refractivity contribution < 1.29 is 0 Å². The van der Waals surface area contributed by atoms with E-state index in [4.69, 9.17) is 0 Å². The third-order valence-corrected chi connectivity index (χ3v) is 3.42. The lowest BCUT2D eigenvalue weighted by Gasteiger charge is -2.39. The van der Waals surface area contributed by atoms with Gasteiger partial charge in [-0.1, -0.05) is 34.1 Å². The van der Waals surface area contributed by atoms with Crippen LogP contribution in [0.5, 0.6) is 0 Å². The molecule has 0 heterocycles. The molecule has 1 aliphatic carbocycles. The van der Waals surface area contributed by atoms with Gasteiger partial charge >= 0.3 is 0 Å². The van der Waals surface area contributed by atoms with Crippen molar-refractivity contribution in [1.82, 2.24) is 0 Å². The monoisotopic (exact) mass is 154 g/mol. The molecule has 0 aromatic heterocycles. The Morgan fingerprint density at radius 3 is 2.45 bits per heavy atom. The summed E-state index contributed by atoms with van der Waals surface area (Å²) in [7, 11) is 0.